The maximum absolute atomic E-state index is 6.39. The second-order valence-corrected chi connectivity index (χ2v) is 20.3. The average molecular weight is 509 g/mol. The predicted octanol–water partition coefficient (Wildman–Crippen LogP) is 7.91. The molecule has 2 aromatic carbocycles. The summed E-state index contributed by atoms with van der Waals surface area (Å²) in [5, 5.41) is 6.07. The standard InChI is InChI=1S/C30H32GeN2O/c1-5-31(6-2,7-3)23-16-18-28(32-20-23)26-15-11-14-24-25-17-19-27(33-30(25)34-29(24)26)21(4)22-12-9-8-10-13-22/h8-21H,5-7H2,1-4H3. The monoisotopic (exact) mass is 510 g/mol. The molecular formula is C30H32GeN2O. The molecule has 5 rings (SSSR count). The molecule has 34 heavy (non-hydrogen) atoms. The fraction of sp³-hybridized carbons (Fsp3) is 0.267. The van der Waals surface area contributed by atoms with Crippen molar-refractivity contribution in [1.82, 2.24) is 9.97 Å². The number of rotatable bonds is 7. The molecule has 0 spiro atoms. The van der Waals surface area contributed by atoms with Crippen LogP contribution in [0.1, 0.15) is 44.9 Å². The van der Waals surface area contributed by atoms with Gasteiger partial charge in [-0.05, 0) is 0 Å². The van der Waals surface area contributed by atoms with Crippen molar-refractivity contribution in [3.63, 3.8) is 0 Å². The number of pyridine rings is 2. The first kappa shape index (κ1) is 22.9. The first-order chi connectivity index (χ1) is 16.6. The molecule has 3 heterocycles. The summed E-state index contributed by atoms with van der Waals surface area (Å²) in [5.74, 6) is 0.203. The van der Waals surface area contributed by atoms with Crippen molar-refractivity contribution in [2.45, 2.75) is 49.4 Å². The van der Waals surface area contributed by atoms with Gasteiger partial charge in [0.1, 0.15) is 0 Å². The second-order valence-electron chi connectivity index (χ2n) is 9.28. The average Bonchev–Trinajstić information content (AvgIpc) is 3.28. The molecule has 3 nitrogen and oxygen atoms in total. The third-order valence-electron chi connectivity index (χ3n) is 7.81. The van der Waals surface area contributed by atoms with E-state index in [0.29, 0.717) is 5.71 Å². The number of benzene rings is 2. The van der Waals surface area contributed by atoms with Crippen LogP contribution in [0.25, 0.3) is 33.3 Å². The van der Waals surface area contributed by atoms with Gasteiger partial charge in [-0.15, -0.1) is 0 Å². The Hall–Kier alpha value is -2.92. The van der Waals surface area contributed by atoms with Gasteiger partial charge in [-0.3, -0.25) is 0 Å². The van der Waals surface area contributed by atoms with Gasteiger partial charge in [0.05, 0.1) is 0 Å². The molecule has 1 atom stereocenters. The Morgan fingerprint density at radius 1 is 0.794 bits per heavy atom. The van der Waals surface area contributed by atoms with Gasteiger partial charge in [0.2, 0.25) is 0 Å². The number of furan rings is 1. The van der Waals surface area contributed by atoms with Gasteiger partial charge in [0, 0.05) is 0 Å². The van der Waals surface area contributed by atoms with Gasteiger partial charge in [0.15, 0.2) is 0 Å². The first-order valence-electron chi connectivity index (χ1n) is 12.4. The molecule has 0 N–H and O–H groups in total. The summed E-state index contributed by atoms with van der Waals surface area (Å²) >= 11 is -2.01. The van der Waals surface area contributed by atoms with Gasteiger partial charge in [0.25, 0.3) is 0 Å². The molecule has 5 aromatic rings. The molecule has 0 bridgehead atoms. The molecular weight excluding hydrogens is 477 g/mol. The summed E-state index contributed by atoms with van der Waals surface area (Å²) in [5.41, 5.74) is 5.82. The second kappa shape index (κ2) is 9.38. The van der Waals surface area contributed by atoms with Crippen molar-refractivity contribution < 1.29 is 4.42 Å². The van der Waals surface area contributed by atoms with E-state index in [1.807, 2.05) is 6.07 Å². The van der Waals surface area contributed by atoms with Crippen LogP contribution in [-0.2, 0) is 0 Å². The van der Waals surface area contributed by atoms with Crippen LogP contribution in [0.4, 0.5) is 0 Å². The van der Waals surface area contributed by atoms with E-state index in [1.165, 1.54) is 25.7 Å². The predicted molar refractivity (Wildman–Crippen MR) is 146 cm³/mol. The fourth-order valence-corrected chi connectivity index (χ4v) is 12.6. The van der Waals surface area contributed by atoms with Crippen LogP contribution in [0, 0.1) is 0 Å². The Bertz CT molecular complexity index is 1410. The molecule has 0 saturated heterocycles. The number of fused-ring (bicyclic) bond motifs is 3. The first-order valence-corrected chi connectivity index (χ1v) is 17.9. The van der Waals surface area contributed by atoms with Crippen LogP contribution in [0.5, 0.6) is 0 Å². The molecule has 3 aromatic heterocycles. The van der Waals surface area contributed by atoms with Crippen LogP contribution >= 0.6 is 0 Å². The summed E-state index contributed by atoms with van der Waals surface area (Å²) in [6.45, 7) is 9.26. The summed E-state index contributed by atoms with van der Waals surface area (Å²) in [6.07, 6.45) is 2.14. The zero-order valence-electron chi connectivity index (χ0n) is 20.5. The van der Waals surface area contributed by atoms with Crippen molar-refractivity contribution in [3.8, 4) is 11.3 Å². The minimum atomic E-state index is -2.01. The van der Waals surface area contributed by atoms with Gasteiger partial charge in [-0.25, -0.2) is 0 Å². The fourth-order valence-electron chi connectivity index (χ4n) is 5.28. The SMILES string of the molecule is C[CH2][Ge]([CH2]C)([CH2]C)[c]1ccc(-c2cccc3c2oc2nc(C(C)c4ccccc4)ccc23)nc1. The summed E-state index contributed by atoms with van der Waals surface area (Å²) in [4.78, 5) is 9.85. The van der Waals surface area contributed by atoms with E-state index in [2.05, 4.69) is 101 Å². The van der Waals surface area contributed by atoms with Crippen molar-refractivity contribution in [2.75, 3.05) is 0 Å². The van der Waals surface area contributed by atoms with E-state index in [-0.39, 0.29) is 5.92 Å². The zero-order chi connectivity index (χ0) is 23.7. The molecule has 0 aliphatic heterocycles. The Kier molecular flexibility index (Phi) is 6.31. The van der Waals surface area contributed by atoms with Crippen LogP contribution in [-0.4, -0.2) is 23.2 Å². The molecule has 0 amide bonds. The van der Waals surface area contributed by atoms with Crippen molar-refractivity contribution in [2.24, 2.45) is 0 Å². The van der Waals surface area contributed by atoms with E-state index >= 15 is 0 Å². The third-order valence-corrected chi connectivity index (χ3v) is 19.5. The molecule has 172 valence electrons. The molecule has 0 radical (unpaired) electrons. The molecule has 0 saturated carbocycles. The Morgan fingerprint density at radius 3 is 2.24 bits per heavy atom. The topological polar surface area (TPSA) is 38.9 Å². The van der Waals surface area contributed by atoms with Crippen LogP contribution < -0.4 is 4.40 Å². The Balaban J connectivity index is 1.57. The van der Waals surface area contributed by atoms with Crippen LogP contribution in [0.15, 0.2) is 83.4 Å². The third kappa shape index (κ3) is 3.86. The van der Waals surface area contributed by atoms with Crippen molar-refractivity contribution in [3.05, 3.63) is 90.3 Å². The zero-order valence-corrected chi connectivity index (χ0v) is 22.6. The number of hydrogen-bond donors (Lipinski definition) is 0. The minimum absolute atomic E-state index is 0.203. The number of hydrogen-bond acceptors (Lipinski definition) is 3. The van der Waals surface area contributed by atoms with Crippen molar-refractivity contribution >= 4 is 39.7 Å². The summed E-state index contributed by atoms with van der Waals surface area (Å²) < 4.78 is 7.89. The van der Waals surface area contributed by atoms with Gasteiger partial charge < -0.3 is 0 Å². The Morgan fingerprint density at radius 2 is 1.56 bits per heavy atom. The Labute approximate surface area is 204 Å². The maximum atomic E-state index is 6.39. The van der Waals surface area contributed by atoms with Gasteiger partial charge in [-0.1, -0.05) is 30.3 Å². The normalized spacial score (nSPS) is 12.9. The molecule has 0 aliphatic carbocycles. The molecule has 0 aliphatic rings. The number of para-hydroxylation sites is 1. The molecule has 1 unspecified atom stereocenters. The van der Waals surface area contributed by atoms with E-state index in [9.17, 15) is 0 Å². The van der Waals surface area contributed by atoms with E-state index in [0.717, 1.165) is 33.3 Å². The van der Waals surface area contributed by atoms with Crippen LogP contribution in [0.2, 0.25) is 15.8 Å². The summed E-state index contributed by atoms with van der Waals surface area (Å²) in [6, 6.07) is 25.6. The molecule has 0 fully saturated rings. The molecule has 4 heteroatoms. The van der Waals surface area contributed by atoms with Crippen LogP contribution in [0.3, 0.4) is 0 Å². The number of nitrogens with zero attached hydrogens (tertiary/aromatic N) is 2. The van der Waals surface area contributed by atoms with Crippen molar-refractivity contribution in [1.29, 1.82) is 0 Å². The summed E-state index contributed by atoms with van der Waals surface area (Å²) in [7, 11) is 0. The quantitative estimate of drug-likeness (QED) is 0.209. The van der Waals surface area contributed by atoms with E-state index < -0.39 is 13.3 Å². The van der Waals surface area contributed by atoms with Gasteiger partial charge >= 0.3 is 175 Å². The van der Waals surface area contributed by atoms with E-state index in [1.54, 1.807) is 0 Å². The number of aromatic nitrogens is 2. The van der Waals surface area contributed by atoms with E-state index in [4.69, 9.17) is 14.4 Å². The van der Waals surface area contributed by atoms with Gasteiger partial charge in [-0.2, -0.15) is 0 Å².